The van der Waals surface area contributed by atoms with Crippen LogP contribution < -0.4 is 0 Å². The molecule has 5 nitrogen and oxygen atoms in total. The zero-order valence-corrected chi connectivity index (χ0v) is 10.9. The highest BCUT2D eigenvalue weighted by Crippen LogP contribution is 2.21. The Morgan fingerprint density at radius 1 is 1.21 bits per heavy atom. The minimum absolute atomic E-state index is 0.0935. The lowest BCUT2D eigenvalue weighted by Crippen LogP contribution is -2.07. The molecule has 0 aliphatic rings. The number of aryl methyl sites for hydroxylation is 1. The Hall–Kier alpha value is -1.92. The molecule has 0 aliphatic carbocycles. The molecule has 6 heteroatoms. The highest BCUT2D eigenvalue weighted by molar-refractivity contribution is 7.85. The van der Waals surface area contributed by atoms with Crippen molar-refractivity contribution in [3.63, 3.8) is 0 Å². The molecule has 1 aromatic heterocycles. The summed E-state index contributed by atoms with van der Waals surface area (Å²) >= 11 is 0. The van der Waals surface area contributed by atoms with Crippen molar-refractivity contribution < 1.29 is 17.8 Å². The van der Waals surface area contributed by atoms with Gasteiger partial charge in [-0.25, -0.2) is 0 Å². The number of benzene rings is 1. The number of H-pyrrole nitrogens is 1. The van der Waals surface area contributed by atoms with E-state index in [0.29, 0.717) is 17.5 Å². The largest absolute Gasteiger partial charge is 0.352 e. The molecule has 100 valence electrons. The fourth-order valence-electron chi connectivity index (χ4n) is 1.84. The van der Waals surface area contributed by atoms with Crippen LogP contribution in [-0.2, 0) is 16.5 Å². The Morgan fingerprint density at radius 2 is 1.89 bits per heavy atom. The highest BCUT2D eigenvalue weighted by Gasteiger charge is 2.12. The van der Waals surface area contributed by atoms with E-state index >= 15 is 0 Å². The van der Waals surface area contributed by atoms with Crippen LogP contribution in [0.4, 0.5) is 0 Å². The lowest BCUT2D eigenvalue weighted by molar-refractivity contribution is 0.111. The van der Waals surface area contributed by atoms with E-state index in [9.17, 15) is 13.2 Å². The maximum atomic E-state index is 11.0. The smallest absolute Gasteiger partial charge is 0.265 e. The molecule has 19 heavy (non-hydrogen) atoms. The molecule has 0 bridgehead atoms. The van der Waals surface area contributed by atoms with Crippen molar-refractivity contribution in [3.05, 3.63) is 47.7 Å². The van der Waals surface area contributed by atoms with Gasteiger partial charge in [0.1, 0.15) is 0 Å². The molecule has 1 aromatic carbocycles. The Morgan fingerprint density at radius 3 is 2.47 bits per heavy atom. The summed E-state index contributed by atoms with van der Waals surface area (Å²) in [6.07, 6.45) is 0.738. The summed E-state index contributed by atoms with van der Waals surface area (Å²) in [5.41, 5.74) is 2.56. The third-order valence-corrected chi connectivity index (χ3v) is 3.49. The first-order valence-corrected chi connectivity index (χ1v) is 7.28. The zero-order chi connectivity index (χ0) is 13.9. The first-order valence-electron chi connectivity index (χ1n) is 5.67. The van der Waals surface area contributed by atoms with Crippen molar-refractivity contribution in [2.24, 2.45) is 0 Å². The number of aromatic amines is 1. The van der Waals surface area contributed by atoms with Gasteiger partial charge in [0.2, 0.25) is 0 Å². The Kier molecular flexibility index (Phi) is 3.82. The van der Waals surface area contributed by atoms with Crippen LogP contribution in [0.1, 0.15) is 16.1 Å². The van der Waals surface area contributed by atoms with E-state index in [-0.39, 0.29) is 6.42 Å². The molecular weight excluding hydrogens is 266 g/mol. The van der Waals surface area contributed by atoms with Crippen LogP contribution in [0.2, 0.25) is 0 Å². The van der Waals surface area contributed by atoms with E-state index < -0.39 is 15.9 Å². The summed E-state index contributed by atoms with van der Waals surface area (Å²) in [5, 5.41) is 0. The second-order valence-corrected chi connectivity index (χ2v) is 5.71. The Balaban J connectivity index is 2.30. The van der Waals surface area contributed by atoms with Crippen molar-refractivity contribution in [2.75, 3.05) is 5.75 Å². The summed E-state index contributed by atoms with van der Waals surface area (Å²) in [6, 6.07) is 11.1. The van der Waals surface area contributed by atoms with Gasteiger partial charge in [0.15, 0.2) is 6.29 Å². The topological polar surface area (TPSA) is 87.2 Å². The van der Waals surface area contributed by atoms with Gasteiger partial charge in [-0.2, -0.15) is 8.42 Å². The van der Waals surface area contributed by atoms with Gasteiger partial charge in [-0.3, -0.25) is 9.35 Å². The van der Waals surface area contributed by atoms with Gasteiger partial charge in [0, 0.05) is 5.69 Å². The second kappa shape index (κ2) is 5.38. The van der Waals surface area contributed by atoms with Gasteiger partial charge >= 0.3 is 0 Å². The van der Waals surface area contributed by atoms with Crippen LogP contribution in [-0.4, -0.2) is 30.0 Å². The molecule has 0 saturated carbocycles. The molecule has 0 amide bonds. The van der Waals surface area contributed by atoms with E-state index in [1.165, 1.54) is 0 Å². The summed E-state index contributed by atoms with van der Waals surface area (Å²) in [5.74, 6) is -0.403. The number of nitrogens with one attached hydrogen (secondary N) is 1. The van der Waals surface area contributed by atoms with Crippen LogP contribution in [0.5, 0.6) is 0 Å². The normalized spacial score (nSPS) is 11.4. The molecule has 0 unspecified atom stereocenters. The number of aldehydes is 1. The lowest BCUT2D eigenvalue weighted by Gasteiger charge is -1.96. The van der Waals surface area contributed by atoms with Gasteiger partial charge in [-0.15, -0.1) is 0 Å². The average molecular weight is 279 g/mol. The lowest BCUT2D eigenvalue weighted by atomic mass is 10.1. The molecule has 0 radical (unpaired) electrons. The molecular formula is C13H13NO4S. The van der Waals surface area contributed by atoms with Gasteiger partial charge in [-0.05, 0) is 23.6 Å². The highest BCUT2D eigenvalue weighted by atomic mass is 32.2. The molecule has 0 fully saturated rings. The van der Waals surface area contributed by atoms with Gasteiger partial charge < -0.3 is 4.98 Å². The third-order valence-electron chi connectivity index (χ3n) is 2.77. The summed E-state index contributed by atoms with van der Waals surface area (Å²) in [7, 11) is -4.03. The number of rotatable bonds is 5. The van der Waals surface area contributed by atoms with Crippen molar-refractivity contribution in [2.45, 2.75) is 6.42 Å². The number of hydrogen-bond donors (Lipinski definition) is 2. The molecule has 0 saturated heterocycles. The maximum Gasteiger partial charge on any atom is 0.265 e. The predicted molar refractivity (Wildman–Crippen MR) is 71.7 cm³/mol. The monoisotopic (exact) mass is 279 g/mol. The van der Waals surface area contributed by atoms with Crippen LogP contribution in [0, 0.1) is 0 Å². The second-order valence-electron chi connectivity index (χ2n) is 4.14. The van der Waals surface area contributed by atoms with Crippen LogP contribution in [0.25, 0.3) is 11.3 Å². The summed E-state index contributed by atoms with van der Waals surface area (Å²) in [4.78, 5) is 13.9. The van der Waals surface area contributed by atoms with Gasteiger partial charge in [-0.1, -0.05) is 30.3 Å². The van der Waals surface area contributed by atoms with Crippen molar-refractivity contribution in [1.29, 1.82) is 0 Å². The van der Waals surface area contributed by atoms with Crippen LogP contribution in [0.3, 0.4) is 0 Å². The van der Waals surface area contributed by atoms with Crippen molar-refractivity contribution in [1.82, 2.24) is 4.98 Å². The third kappa shape index (κ3) is 3.52. The van der Waals surface area contributed by atoms with Gasteiger partial charge in [0.25, 0.3) is 10.1 Å². The Labute approximate surface area is 111 Å². The van der Waals surface area contributed by atoms with E-state index in [2.05, 4.69) is 4.98 Å². The van der Waals surface area contributed by atoms with E-state index in [4.69, 9.17) is 4.55 Å². The average Bonchev–Trinajstić information content (AvgIpc) is 2.80. The molecule has 2 N–H and O–H groups in total. The van der Waals surface area contributed by atoms with Crippen LogP contribution >= 0.6 is 0 Å². The quantitative estimate of drug-likeness (QED) is 0.646. The van der Waals surface area contributed by atoms with Crippen molar-refractivity contribution >= 4 is 16.4 Å². The zero-order valence-electron chi connectivity index (χ0n) is 10.0. The SMILES string of the molecule is O=Cc1[nH]c(-c2ccccc2)cc1CCS(=O)(=O)O. The van der Waals surface area contributed by atoms with E-state index in [0.717, 1.165) is 11.3 Å². The first kappa shape index (κ1) is 13.5. The molecule has 2 aromatic rings. The standard InChI is InChI=1S/C13H13NO4S/c15-9-13-11(6-7-19(16,17)18)8-12(14-13)10-4-2-1-3-5-10/h1-5,8-9,14H,6-7H2,(H,16,17,18). The fraction of sp³-hybridized carbons (Fsp3) is 0.154. The number of aromatic nitrogens is 1. The maximum absolute atomic E-state index is 11.0. The molecule has 1 heterocycles. The summed E-state index contributed by atoms with van der Waals surface area (Å²) < 4.78 is 30.2. The number of hydrogen-bond acceptors (Lipinski definition) is 3. The number of carbonyl (C=O) groups excluding carboxylic acids is 1. The van der Waals surface area contributed by atoms with Crippen molar-refractivity contribution in [3.8, 4) is 11.3 Å². The van der Waals surface area contributed by atoms with Gasteiger partial charge in [0.05, 0.1) is 11.4 Å². The summed E-state index contributed by atoms with van der Waals surface area (Å²) in [6.45, 7) is 0. The fourth-order valence-corrected chi connectivity index (χ4v) is 2.32. The van der Waals surface area contributed by atoms with E-state index in [1.54, 1.807) is 6.07 Å². The molecule has 0 atom stereocenters. The number of carbonyl (C=O) groups is 1. The molecule has 0 spiro atoms. The Bertz CT molecular complexity index is 674. The minimum Gasteiger partial charge on any atom is -0.352 e. The van der Waals surface area contributed by atoms with E-state index in [1.807, 2.05) is 30.3 Å². The molecule has 2 rings (SSSR count). The van der Waals surface area contributed by atoms with Crippen LogP contribution in [0.15, 0.2) is 36.4 Å². The first-order chi connectivity index (χ1) is 8.99. The predicted octanol–water partition coefficient (Wildman–Crippen LogP) is 1.92. The molecule has 0 aliphatic heterocycles. The minimum atomic E-state index is -4.03.